The van der Waals surface area contributed by atoms with Gasteiger partial charge in [0, 0.05) is 12.2 Å². The second kappa shape index (κ2) is 9.29. The van der Waals surface area contributed by atoms with Gasteiger partial charge >= 0.3 is 5.97 Å². The minimum absolute atomic E-state index is 0.0326. The molecule has 27 heavy (non-hydrogen) atoms. The van der Waals surface area contributed by atoms with Crippen LogP contribution >= 0.6 is 0 Å². The van der Waals surface area contributed by atoms with E-state index in [-0.39, 0.29) is 10.5 Å². The summed E-state index contributed by atoms with van der Waals surface area (Å²) in [6, 6.07) is 12.7. The Morgan fingerprint density at radius 2 is 1.81 bits per heavy atom. The molecule has 0 bridgehead atoms. The predicted octanol–water partition coefficient (Wildman–Crippen LogP) is 2.48. The number of hydrogen-bond donors (Lipinski definition) is 2. The molecule has 2 N–H and O–H groups in total. The van der Waals surface area contributed by atoms with Gasteiger partial charge in [-0.2, -0.15) is 0 Å². The average molecular weight is 390 g/mol. The van der Waals surface area contributed by atoms with Crippen molar-refractivity contribution in [1.29, 1.82) is 0 Å². The zero-order valence-corrected chi connectivity index (χ0v) is 16.0. The zero-order valence-electron chi connectivity index (χ0n) is 15.2. The minimum atomic E-state index is -3.69. The first-order valence-corrected chi connectivity index (χ1v) is 9.94. The number of nitrogens with one attached hydrogen (secondary N) is 2. The maximum Gasteiger partial charge on any atom is 0.338 e. The van der Waals surface area contributed by atoms with E-state index >= 15 is 0 Å². The van der Waals surface area contributed by atoms with E-state index in [1.165, 1.54) is 24.3 Å². The summed E-state index contributed by atoms with van der Waals surface area (Å²) >= 11 is 0. The number of aryl methyl sites for hydroxylation is 1. The summed E-state index contributed by atoms with van der Waals surface area (Å²) in [6.45, 7) is 3.52. The average Bonchev–Trinajstić information content (AvgIpc) is 2.66. The van der Waals surface area contributed by atoms with Crippen LogP contribution in [0.3, 0.4) is 0 Å². The Bertz CT molecular complexity index is 925. The van der Waals surface area contributed by atoms with Crippen LogP contribution in [-0.4, -0.2) is 33.4 Å². The van der Waals surface area contributed by atoms with E-state index in [4.69, 9.17) is 4.74 Å². The van der Waals surface area contributed by atoms with Gasteiger partial charge in [-0.3, -0.25) is 4.79 Å². The molecule has 144 valence electrons. The van der Waals surface area contributed by atoms with Gasteiger partial charge in [-0.05, 0) is 43.2 Å². The summed E-state index contributed by atoms with van der Waals surface area (Å²) in [5.41, 5.74) is 1.57. The molecule has 0 spiro atoms. The number of para-hydroxylation sites is 1. The van der Waals surface area contributed by atoms with E-state index in [1.807, 2.05) is 26.0 Å². The van der Waals surface area contributed by atoms with Gasteiger partial charge in [0.1, 0.15) is 0 Å². The van der Waals surface area contributed by atoms with Crippen LogP contribution in [0, 0.1) is 6.92 Å². The van der Waals surface area contributed by atoms with Gasteiger partial charge in [-0.1, -0.05) is 31.2 Å². The van der Waals surface area contributed by atoms with Crippen molar-refractivity contribution in [2.75, 3.05) is 18.5 Å². The second-order valence-electron chi connectivity index (χ2n) is 5.86. The Balaban J connectivity index is 1.99. The van der Waals surface area contributed by atoms with Gasteiger partial charge < -0.3 is 10.1 Å². The van der Waals surface area contributed by atoms with Crippen molar-refractivity contribution in [3.05, 3.63) is 59.7 Å². The fraction of sp³-hybridized carbons (Fsp3) is 0.263. The first-order chi connectivity index (χ1) is 12.8. The summed E-state index contributed by atoms with van der Waals surface area (Å²) in [5.74, 6) is -1.26. The highest BCUT2D eigenvalue weighted by atomic mass is 32.2. The highest BCUT2D eigenvalue weighted by molar-refractivity contribution is 7.89. The highest BCUT2D eigenvalue weighted by Gasteiger charge is 2.17. The molecule has 8 heteroatoms. The monoisotopic (exact) mass is 390 g/mol. The molecule has 2 rings (SSSR count). The fourth-order valence-electron chi connectivity index (χ4n) is 2.22. The van der Waals surface area contributed by atoms with Crippen LogP contribution in [0.1, 0.15) is 29.3 Å². The van der Waals surface area contributed by atoms with E-state index in [9.17, 15) is 18.0 Å². The minimum Gasteiger partial charge on any atom is -0.452 e. The Kier molecular flexibility index (Phi) is 7.09. The molecule has 2 aromatic carbocycles. The van der Waals surface area contributed by atoms with Gasteiger partial charge in [-0.25, -0.2) is 17.9 Å². The van der Waals surface area contributed by atoms with Gasteiger partial charge in [0.2, 0.25) is 10.0 Å². The summed E-state index contributed by atoms with van der Waals surface area (Å²) in [7, 11) is -3.69. The van der Waals surface area contributed by atoms with Crippen LogP contribution in [0.2, 0.25) is 0 Å². The smallest absolute Gasteiger partial charge is 0.338 e. The molecule has 0 saturated carbocycles. The third kappa shape index (κ3) is 5.90. The first kappa shape index (κ1) is 20.6. The van der Waals surface area contributed by atoms with Crippen molar-refractivity contribution in [2.24, 2.45) is 0 Å². The zero-order chi connectivity index (χ0) is 19.9. The standard InChI is InChI=1S/C19H22N2O5S/c1-3-11-20-27(24,25)16-9-6-8-15(12-16)19(23)26-13-18(22)21-17-10-5-4-7-14(17)2/h4-10,12,20H,3,11,13H2,1-2H3,(H,21,22). The number of esters is 1. The number of carbonyl (C=O) groups excluding carboxylic acids is 2. The van der Waals surface area contributed by atoms with Crippen LogP contribution in [-0.2, 0) is 19.6 Å². The molecule has 2 aromatic rings. The number of anilines is 1. The third-order valence-corrected chi connectivity index (χ3v) is 5.13. The van der Waals surface area contributed by atoms with Crippen LogP contribution in [0.25, 0.3) is 0 Å². The van der Waals surface area contributed by atoms with E-state index < -0.39 is 28.5 Å². The third-order valence-electron chi connectivity index (χ3n) is 3.68. The lowest BCUT2D eigenvalue weighted by Crippen LogP contribution is -2.25. The molecule has 0 heterocycles. The van der Waals surface area contributed by atoms with E-state index in [1.54, 1.807) is 12.1 Å². The van der Waals surface area contributed by atoms with E-state index in [2.05, 4.69) is 10.0 Å². The second-order valence-corrected chi connectivity index (χ2v) is 7.63. The van der Waals surface area contributed by atoms with Crippen LogP contribution in [0.4, 0.5) is 5.69 Å². The summed E-state index contributed by atoms with van der Waals surface area (Å²) in [4.78, 5) is 24.1. The van der Waals surface area contributed by atoms with Crippen molar-refractivity contribution in [2.45, 2.75) is 25.2 Å². The summed E-state index contributed by atoms with van der Waals surface area (Å²) in [5, 5.41) is 2.65. The van der Waals surface area contributed by atoms with Crippen LogP contribution in [0.15, 0.2) is 53.4 Å². The lowest BCUT2D eigenvalue weighted by molar-refractivity contribution is -0.119. The van der Waals surface area contributed by atoms with Crippen molar-refractivity contribution in [3.63, 3.8) is 0 Å². The number of benzene rings is 2. The molecule has 0 aromatic heterocycles. The molecule has 0 unspecified atom stereocenters. The number of sulfonamides is 1. The Hall–Kier alpha value is -2.71. The summed E-state index contributed by atoms with van der Waals surface area (Å²) < 4.78 is 31.7. The molecule has 0 radical (unpaired) electrons. The quantitative estimate of drug-likeness (QED) is 0.674. The molecule has 0 fully saturated rings. The molecule has 7 nitrogen and oxygen atoms in total. The normalized spacial score (nSPS) is 11.0. The van der Waals surface area contributed by atoms with Gasteiger partial charge in [-0.15, -0.1) is 0 Å². The lowest BCUT2D eigenvalue weighted by Gasteiger charge is -2.10. The number of hydrogen-bond acceptors (Lipinski definition) is 5. The first-order valence-electron chi connectivity index (χ1n) is 8.46. The van der Waals surface area contributed by atoms with Crippen molar-refractivity contribution in [1.82, 2.24) is 4.72 Å². The number of amides is 1. The number of carbonyl (C=O) groups is 2. The lowest BCUT2D eigenvalue weighted by atomic mass is 10.2. The molecule has 1 amide bonds. The predicted molar refractivity (Wildman–Crippen MR) is 102 cm³/mol. The highest BCUT2D eigenvalue weighted by Crippen LogP contribution is 2.14. The summed E-state index contributed by atoms with van der Waals surface area (Å²) in [6.07, 6.45) is 0.650. The van der Waals surface area contributed by atoms with E-state index in [0.717, 1.165) is 5.56 Å². The Morgan fingerprint density at radius 3 is 2.52 bits per heavy atom. The van der Waals surface area contributed by atoms with Crippen molar-refractivity contribution in [3.8, 4) is 0 Å². The van der Waals surface area contributed by atoms with Crippen molar-refractivity contribution >= 4 is 27.6 Å². The van der Waals surface area contributed by atoms with Crippen molar-refractivity contribution < 1.29 is 22.7 Å². The maximum atomic E-state index is 12.1. The maximum absolute atomic E-state index is 12.1. The molecule has 0 atom stereocenters. The molecular weight excluding hydrogens is 368 g/mol. The van der Waals surface area contributed by atoms with Crippen LogP contribution in [0.5, 0.6) is 0 Å². The van der Waals surface area contributed by atoms with Gasteiger partial charge in [0.15, 0.2) is 6.61 Å². The number of rotatable bonds is 8. The molecule has 0 aliphatic heterocycles. The largest absolute Gasteiger partial charge is 0.452 e. The topological polar surface area (TPSA) is 102 Å². The Labute approximate surface area is 158 Å². The Morgan fingerprint density at radius 1 is 1.07 bits per heavy atom. The molecule has 0 saturated heterocycles. The fourth-order valence-corrected chi connectivity index (χ4v) is 3.40. The van der Waals surface area contributed by atoms with E-state index in [0.29, 0.717) is 18.7 Å². The van der Waals surface area contributed by atoms with Crippen LogP contribution < -0.4 is 10.0 Å². The SMILES string of the molecule is CCCNS(=O)(=O)c1cccc(C(=O)OCC(=O)Nc2ccccc2C)c1. The van der Waals surface area contributed by atoms with Gasteiger partial charge in [0.05, 0.1) is 10.5 Å². The molecular formula is C19H22N2O5S. The molecule has 0 aliphatic rings. The number of ether oxygens (including phenoxy) is 1. The van der Waals surface area contributed by atoms with Gasteiger partial charge in [0.25, 0.3) is 5.91 Å². The molecule has 0 aliphatic carbocycles.